The Hall–Kier alpha value is -2.11. The van der Waals surface area contributed by atoms with Gasteiger partial charge in [-0.3, -0.25) is 0 Å². The van der Waals surface area contributed by atoms with Crippen molar-refractivity contribution in [1.82, 2.24) is 0 Å². The van der Waals surface area contributed by atoms with Gasteiger partial charge in [0.2, 0.25) is 0 Å². The van der Waals surface area contributed by atoms with Crippen LogP contribution in [-0.4, -0.2) is 36.0 Å². The number of allylic oxidation sites excluding steroid dienone is 1. The topological polar surface area (TPSA) is 76.0 Å². The Bertz CT molecular complexity index is 493. The van der Waals surface area contributed by atoms with E-state index in [0.717, 1.165) is 12.0 Å². The number of aliphatic hydroxyl groups is 2. The molecular weight excluding hydrogens is 296 g/mol. The van der Waals surface area contributed by atoms with Crippen molar-refractivity contribution in [3.05, 3.63) is 54.6 Å². The summed E-state index contributed by atoms with van der Waals surface area (Å²) in [4.78, 5) is 11.2. The van der Waals surface area contributed by atoms with Gasteiger partial charge in [-0.1, -0.05) is 30.9 Å². The van der Waals surface area contributed by atoms with Crippen molar-refractivity contribution in [2.24, 2.45) is 0 Å². The van der Waals surface area contributed by atoms with Crippen molar-refractivity contribution in [2.75, 3.05) is 19.8 Å². The summed E-state index contributed by atoms with van der Waals surface area (Å²) < 4.78 is 10.1. The average molecular weight is 320 g/mol. The number of hydrogen-bond donors (Lipinski definition) is 2. The molecule has 0 spiro atoms. The zero-order chi connectivity index (χ0) is 16.9. The molecule has 1 rings (SSSR count). The second kappa shape index (κ2) is 11.5. The Kier molecular flexibility index (Phi) is 9.43. The molecule has 0 heterocycles. The summed E-state index contributed by atoms with van der Waals surface area (Å²) in [7, 11) is 0. The first-order chi connectivity index (χ1) is 11.2. The minimum atomic E-state index is -0.553. The molecule has 0 saturated carbocycles. The second-order valence-corrected chi connectivity index (χ2v) is 4.91. The lowest BCUT2D eigenvalue weighted by Crippen LogP contribution is -2.02. The highest BCUT2D eigenvalue weighted by atomic mass is 16.5. The fourth-order valence-electron chi connectivity index (χ4n) is 1.91. The van der Waals surface area contributed by atoms with E-state index >= 15 is 0 Å². The summed E-state index contributed by atoms with van der Waals surface area (Å²) in [6, 6.07) is 7.15. The Balaban J connectivity index is 2.28. The molecule has 0 aliphatic carbocycles. The zero-order valence-electron chi connectivity index (χ0n) is 13.2. The van der Waals surface area contributed by atoms with Crippen molar-refractivity contribution in [1.29, 1.82) is 0 Å². The highest BCUT2D eigenvalue weighted by Gasteiger charge is 2.07. The van der Waals surface area contributed by atoms with Gasteiger partial charge in [-0.25, -0.2) is 4.79 Å². The van der Waals surface area contributed by atoms with Gasteiger partial charge in [-0.15, -0.1) is 0 Å². The zero-order valence-corrected chi connectivity index (χ0v) is 13.2. The van der Waals surface area contributed by atoms with Crippen LogP contribution in [0.3, 0.4) is 0 Å². The quantitative estimate of drug-likeness (QED) is 0.284. The molecule has 0 aliphatic rings. The number of carbonyl (C=O) groups is 1. The molecule has 0 unspecified atom stereocenters. The van der Waals surface area contributed by atoms with Gasteiger partial charge >= 0.3 is 5.97 Å². The molecule has 5 heteroatoms. The minimum Gasteiger partial charge on any atom is -0.491 e. The number of ether oxygens (including phenoxy) is 2. The van der Waals surface area contributed by atoms with E-state index in [4.69, 9.17) is 14.6 Å². The predicted molar refractivity (Wildman–Crippen MR) is 88.1 cm³/mol. The van der Waals surface area contributed by atoms with Crippen LogP contribution >= 0.6 is 0 Å². The Morgan fingerprint density at radius 3 is 2.70 bits per heavy atom. The van der Waals surface area contributed by atoms with Gasteiger partial charge in [0, 0.05) is 6.08 Å². The SMILES string of the molecule is C=CCOC(=O)/C=C/CCC[C@H](O)c1ccc(OCCO)cc1. The van der Waals surface area contributed by atoms with Crippen molar-refractivity contribution in [3.63, 3.8) is 0 Å². The summed E-state index contributed by atoms with van der Waals surface area (Å²) in [6.45, 7) is 3.90. The third-order valence-electron chi connectivity index (χ3n) is 3.07. The molecule has 0 amide bonds. The van der Waals surface area contributed by atoms with Gasteiger partial charge < -0.3 is 19.7 Å². The minimum absolute atomic E-state index is 0.0287. The molecule has 0 aromatic heterocycles. The highest BCUT2D eigenvalue weighted by molar-refractivity contribution is 5.81. The average Bonchev–Trinajstić information content (AvgIpc) is 2.58. The number of unbranched alkanes of at least 4 members (excludes halogenated alkanes) is 1. The monoisotopic (exact) mass is 320 g/mol. The molecule has 0 aliphatic heterocycles. The highest BCUT2D eigenvalue weighted by Crippen LogP contribution is 2.22. The third-order valence-corrected chi connectivity index (χ3v) is 3.07. The fourth-order valence-corrected chi connectivity index (χ4v) is 1.91. The molecule has 2 N–H and O–H groups in total. The van der Waals surface area contributed by atoms with Crippen LogP contribution in [0, 0.1) is 0 Å². The van der Waals surface area contributed by atoms with Crippen molar-refractivity contribution in [2.45, 2.75) is 25.4 Å². The van der Waals surface area contributed by atoms with Gasteiger partial charge in [-0.2, -0.15) is 0 Å². The van der Waals surface area contributed by atoms with Crippen molar-refractivity contribution in [3.8, 4) is 5.75 Å². The van der Waals surface area contributed by atoms with Crippen LogP contribution < -0.4 is 4.74 Å². The van der Waals surface area contributed by atoms with Crippen LogP contribution in [0.2, 0.25) is 0 Å². The Morgan fingerprint density at radius 1 is 1.30 bits per heavy atom. The molecule has 0 radical (unpaired) electrons. The van der Waals surface area contributed by atoms with Gasteiger partial charge in [0.25, 0.3) is 0 Å². The lowest BCUT2D eigenvalue weighted by Gasteiger charge is -2.11. The lowest BCUT2D eigenvalue weighted by molar-refractivity contribution is -0.136. The number of benzene rings is 1. The third kappa shape index (κ3) is 8.18. The van der Waals surface area contributed by atoms with Gasteiger partial charge in [0.05, 0.1) is 12.7 Å². The van der Waals surface area contributed by atoms with Gasteiger partial charge in [0.15, 0.2) is 0 Å². The molecule has 0 fully saturated rings. The molecule has 126 valence electrons. The maximum absolute atomic E-state index is 11.2. The van der Waals surface area contributed by atoms with Crippen LogP contribution in [0.5, 0.6) is 5.75 Å². The normalized spacial score (nSPS) is 12.1. The van der Waals surface area contributed by atoms with Crippen LogP contribution in [0.25, 0.3) is 0 Å². The Labute approximate surface area is 136 Å². The van der Waals surface area contributed by atoms with E-state index in [9.17, 15) is 9.90 Å². The van der Waals surface area contributed by atoms with E-state index in [1.807, 2.05) is 0 Å². The second-order valence-electron chi connectivity index (χ2n) is 4.91. The van der Waals surface area contributed by atoms with E-state index in [1.165, 1.54) is 12.2 Å². The van der Waals surface area contributed by atoms with E-state index in [2.05, 4.69) is 6.58 Å². The first-order valence-electron chi connectivity index (χ1n) is 7.63. The maximum atomic E-state index is 11.2. The van der Waals surface area contributed by atoms with Crippen LogP contribution in [0.4, 0.5) is 0 Å². The molecule has 0 bridgehead atoms. The number of aliphatic hydroxyl groups excluding tert-OH is 2. The smallest absolute Gasteiger partial charge is 0.330 e. The van der Waals surface area contributed by atoms with Crippen molar-refractivity contribution < 1.29 is 24.5 Å². The first-order valence-corrected chi connectivity index (χ1v) is 7.63. The van der Waals surface area contributed by atoms with Crippen molar-refractivity contribution >= 4 is 5.97 Å². The van der Waals surface area contributed by atoms with Crippen LogP contribution in [0.1, 0.15) is 30.9 Å². The van der Waals surface area contributed by atoms with E-state index in [0.29, 0.717) is 18.6 Å². The molecule has 0 saturated heterocycles. The molecule has 23 heavy (non-hydrogen) atoms. The first kappa shape index (κ1) is 18.9. The van der Waals surface area contributed by atoms with Crippen LogP contribution in [0.15, 0.2) is 49.1 Å². The largest absolute Gasteiger partial charge is 0.491 e. The van der Waals surface area contributed by atoms with Gasteiger partial charge in [0.1, 0.15) is 19.0 Å². The molecular formula is C18H24O5. The number of carbonyl (C=O) groups excluding carboxylic acids is 1. The molecule has 1 aromatic rings. The fraction of sp³-hybridized carbons (Fsp3) is 0.389. The summed E-state index contributed by atoms with van der Waals surface area (Å²) >= 11 is 0. The summed E-state index contributed by atoms with van der Waals surface area (Å²) in [5.41, 5.74) is 0.815. The number of esters is 1. The van der Waals surface area contributed by atoms with Gasteiger partial charge in [-0.05, 0) is 37.0 Å². The van der Waals surface area contributed by atoms with E-state index in [-0.39, 0.29) is 25.8 Å². The summed E-state index contributed by atoms with van der Waals surface area (Å²) in [5.74, 6) is 0.278. The van der Waals surface area contributed by atoms with E-state index < -0.39 is 6.10 Å². The molecule has 5 nitrogen and oxygen atoms in total. The predicted octanol–water partition coefficient (Wildman–Crippen LogP) is 2.55. The Morgan fingerprint density at radius 2 is 2.04 bits per heavy atom. The summed E-state index contributed by atoms with van der Waals surface area (Å²) in [5, 5.41) is 18.8. The standard InChI is InChI=1S/C18H24O5/c1-2-13-23-18(21)7-5-3-4-6-17(20)15-8-10-16(11-9-15)22-14-12-19/h2,5,7-11,17,19-20H,1,3-4,6,12-14H2/b7-5+/t17-/m0/s1. The molecule has 1 atom stereocenters. The summed E-state index contributed by atoms with van der Waals surface area (Å²) in [6.07, 6.45) is 6.15. The number of rotatable bonds is 11. The van der Waals surface area contributed by atoms with Crippen LogP contribution in [-0.2, 0) is 9.53 Å². The maximum Gasteiger partial charge on any atom is 0.330 e. The number of hydrogen-bond acceptors (Lipinski definition) is 5. The van der Waals surface area contributed by atoms with E-state index in [1.54, 1.807) is 30.3 Å². The lowest BCUT2D eigenvalue weighted by atomic mass is 10.0. The molecule has 1 aromatic carbocycles.